The highest BCUT2D eigenvalue weighted by Crippen LogP contribution is 2.30. The Bertz CT molecular complexity index is 724. The van der Waals surface area contributed by atoms with E-state index in [-0.39, 0.29) is 16.1 Å². The summed E-state index contributed by atoms with van der Waals surface area (Å²) in [6.45, 7) is 0. The number of rotatable bonds is 4. The van der Waals surface area contributed by atoms with Gasteiger partial charge in [0, 0.05) is 5.02 Å². The molecule has 0 radical (unpaired) electrons. The molecule has 0 amide bonds. The number of nitriles is 1. The van der Waals surface area contributed by atoms with E-state index in [9.17, 15) is 14.4 Å². The van der Waals surface area contributed by atoms with Crippen LogP contribution >= 0.6 is 11.6 Å². The zero-order valence-electron chi connectivity index (χ0n) is 11.1. The summed E-state index contributed by atoms with van der Waals surface area (Å²) in [6.07, 6.45) is 0. The van der Waals surface area contributed by atoms with Crippen LogP contribution in [0.3, 0.4) is 0 Å². The highest BCUT2D eigenvalue weighted by atomic mass is 35.5. The highest BCUT2D eigenvalue weighted by molar-refractivity contribution is 6.32. The van der Waals surface area contributed by atoms with Crippen LogP contribution < -0.4 is 4.74 Å². The highest BCUT2D eigenvalue weighted by Gasteiger charge is 2.26. The van der Waals surface area contributed by atoms with E-state index in [1.165, 1.54) is 19.2 Å². The largest absolute Gasteiger partial charge is 0.496 e. The lowest BCUT2D eigenvalue weighted by Gasteiger charge is -2.13. The maximum Gasteiger partial charge on any atom is 0.188 e. The first-order chi connectivity index (χ1) is 10.1. The molecule has 0 N–H and O–H groups in total. The molecule has 0 aliphatic rings. The molecule has 1 unspecified atom stereocenters. The number of Topliss-reactive ketones (excluding diaryl/α,β-unsaturated/α-hetero) is 1. The maximum absolute atomic E-state index is 13.1. The number of benzene rings is 2. The summed E-state index contributed by atoms with van der Waals surface area (Å²) in [5.41, 5.74) is 0.559. The lowest BCUT2D eigenvalue weighted by atomic mass is 9.91. The van der Waals surface area contributed by atoms with Crippen LogP contribution in [0.25, 0.3) is 0 Å². The summed E-state index contributed by atoms with van der Waals surface area (Å²) >= 11 is 5.93. The van der Waals surface area contributed by atoms with Crippen molar-refractivity contribution < 1.29 is 13.9 Å². The number of carbonyl (C=O) groups excluding carboxylic acids is 1. The number of hydrogen-bond acceptors (Lipinski definition) is 3. The fraction of sp³-hybridized carbons (Fsp3) is 0.125. The molecule has 0 aliphatic carbocycles. The van der Waals surface area contributed by atoms with Gasteiger partial charge in [-0.15, -0.1) is 0 Å². The predicted octanol–water partition coefficient (Wildman–Crippen LogP) is 3.98. The van der Waals surface area contributed by atoms with E-state index in [2.05, 4.69) is 0 Å². The minimum atomic E-state index is -1.12. The smallest absolute Gasteiger partial charge is 0.188 e. The normalized spacial score (nSPS) is 11.5. The number of hydrogen-bond donors (Lipinski definition) is 0. The van der Waals surface area contributed by atoms with Crippen molar-refractivity contribution in [3.8, 4) is 11.8 Å². The van der Waals surface area contributed by atoms with Crippen LogP contribution in [0, 0.1) is 17.1 Å². The Hall–Kier alpha value is -2.38. The van der Waals surface area contributed by atoms with Gasteiger partial charge in [0.15, 0.2) is 5.78 Å². The number of nitrogens with zero attached hydrogens (tertiary/aromatic N) is 1. The molecule has 1 atom stereocenters. The maximum atomic E-state index is 13.1. The molecule has 0 spiro atoms. The van der Waals surface area contributed by atoms with Crippen molar-refractivity contribution >= 4 is 17.4 Å². The Labute approximate surface area is 126 Å². The fourth-order valence-corrected chi connectivity index (χ4v) is 2.29. The van der Waals surface area contributed by atoms with E-state index >= 15 is 0 Å². The van der Waals surface area contributed by atoms with Crippen molar-refractivity contribution in [3.05, 3.63) is 64.4 Å². The van der Waals surface area contributed by atoms with Crippen molar-refractivity contribution in [2.75, 3.05) is 7.11 Å². The summed E-state index contributed by atoms with van der Waals surface area (Å²) in [5.74, 6) is -1.70. The van der Waals surface area contributed by atoms with Gasteiger partial charge >= 0.3 is 0 Å². The van der Waals surface area contributed by atoms with Gasteiger partial charge < -0.3 is 4.74 Å². The number of halogens is 2. The van der Waals surface area contributed by atoms with Gasteiger partial charge in [-0.25, -0.2) is 4.39 Å². The molecule has 0 saturated carbocycles. The first-order valence-corrected chi connectivity index (χ1v) is 6.48. The molecule has 5 heteroatoms. The van der Waals surface area contributed by atoms with Crippen LogP contribution in [0.2, 0.25) is 5.02 Å². The van der Waals surface area contributed by atoms with Gasteiger partial charge in [0.25, 0.3) is 0 Å². The standard InChI is InChI=1S/C16H11ClFNO2/c1-21-15-5-3-2-4-12(15)16(20)13(9-19)11-7-6-10(18)8-14(11)17/h2-8,13H,1H3. The molecule has 0 fully saturated rings. The van der Waals surface area contributed by atoms with Gasteiger partial charge in [-0.2, -0.15) is 5.26 Å². The fourth-order valence-electron chi connectivity index (χ4n) is 2.01. The second-order valence-electron chi connectivity index (χ2n) is 4.29. The molecule has 0 heterocycles. The molecule has 0 aromatic heterocycles. The topological polar surface area (TPSA) is 50.1 Å². The number of ether oxygens (including phenoxy) is 1. The van der Waals surface area contributed by atoms with E-state index < -0.39 is 17.5 Å². The molecule has 0 saturated heterocycles. The Kier molecular flexibility index (Phi) is 4.56. The number of para-hydroxylation sites is 1. The quantitative estimate of drug-likeness (QED) is 0.803. The molecule has 21 heavy (non-hydrogen) atoms. The average Bonchev–Trinajstić information content (AvgIpc) is 2.49. The summed E-state index contributed by atoms with van der Waals surface area (Å²) in [7, 11) is 1.44. The molecule has 2 aromatic rings. The Morgan fingerprint density at radius 2 is 2.05 bits per heavy atom. The summed E-state index contributed by atoms with van der Waals surface area (Å²) in [4.78, 5) is 12.5. The molecule has 0 aliphatic heterocycles. The summed E-state index contributed by atoms with van der Waals surface area (Å²) < 4.78 is 18.2. The van der Waals surface area contributed by atoms with Crippen LogP contribution in [-0.4, -0.2) is 12.9 Å². The van der Waals surface area contributed by atoms with Gasteiger partial charge in [0.05, 0.1) is 18.7 Å². The monoisotopic (exact) mass is 303 g/mol. The van der Waals surface area contributed by atoms with E-state index in [1.54, 1.807) is 24.3 Å². The third kappa shape index (κ3) is 3.04. The molecule has 2 rings (SSSR count). The lowest BCUT2D eigenvalue weighted by Crippen LogP contribution is -2.13. The number of methoxy groups -OCH3 is 1. The van der Waals surface area contributed by atoms with Crippen molar-refractivity contribution in [2.24, 2.45) is 0 Å². The van der Waals surface area contributed by atoms with E-state index in [0.29, 0.717) is 5.75 Å². The molecule has 2 aromatic carbocycles. The zero-order valence-corrected chi connectivity index (χ0v) is 11.9. The average molecular weight is 304 g/mol. The molecule has 3 nitrogen and oxygen atoms in total. The van der Waals surface area contributed by atoms with Gasteiger partial charge in [-0.05, 0) is 29.8 Å². The van der Waals surface area contributed by atoms with Gasteiger partial charge in [-0.3, -0.25) is 4.79 Å². The third-order valence-corrected chi connectivity index (χ3v) is 3.36. The Morgan fingerprint density at radius 1 is 1.33 bits per heavy atom. The van der Waals surface area contributed by atoms with Crippen LogP contribution in [0.15, 0.2) is 42.5 Å². The minimum Gasteiger partial charge on any atom is -0.496 e. The van der Waals surface area contributed by atoms with Crippen molar-refractivity contribution in [3.63, 3.8) is 0 Å². The molecule has 106 valence electrons. The summed E-state index contributed by atoms with van der Waals surface area (Å²) in [6, 6.07) is 12.1. The second kappa shape index (κ2) is 6.38. The molecular weight excluding hydrogens is 293 g/mol. The first-order valence-electron chi connectivity index (χ1n) is 6.10. The van der Waals surface area contributed by atoms with Gasteiger partial charge in [0.1, 0.15) is 17.5 Å². The van der Waals surface area contributed by atoms with Crippen molar-refractivity contribution in [2.45, 2.75) is 5.92 Å². The molecule has 0 bridgehead atoms. The van der Waals surface area contributed by atoms with E-state index in [1.807, 2.05) is 6.07 Å². The Morgan fingerprint density at radius 3 is 2.67 bits per heavy atom. The minimum absolute atomic E-state index is 0.0461. The lowest BCUT2D eigenvalue weighted by molar-refractivity contribution is 0.0976. The number of carbonyl (C=O) groups is 1. The predicted molar refractivity (Wildman–Crippen MR) is 77.1 cm³/mol. The third-order valence-electron chi connectivity index (χ3n) is 3.04. The van der Waals surface area contributed by atoms with Crippen molar-refractivity contribution in [1.82, 2.24) is 0 Å². The first kappa shape index (κ1) is 15.0. The molecular formula is C16H11ClFNO2. The SMILES string of the molecule is COc1ccccc1C(=O)C(C#N)c1ccc(F)cc1Cl. The van der Waals surface area contributed by atoms with Crippen LogP contribution in [0.1, 0.15) is 21.8 Å². The van der Waals surface area contributed by atoms with E-state index in [0.717, 1.165) is 6.07 Å². The number of ketones is 1. The van der Waals surface area contributed by atoms with Crippen LogP contribution in [0.5, 0.6) is 5.75 Å². The van der Waals surface area contributed by atoms with Crippen molar-refractivity contribution in [1.29, 1.82) is 5.26 Å². The van der Waals surface area contributed by atoms with Gasteiger partial charge in [-0.1, -0.05) is 29.8 Å². The Balaban J connectivity index is 2.47. The van der Waals surface area contributed by atoms with E-state index in [4.69, 9.17) is 16.3 Å². The van der Waals surface area contributed by atoms with Gasteiger partial charge in [0.2, 0.25) is 0 Å². The second-order valence-corrected chi connectivity index (χ2v) is 4.70. The van der Waals surface area contributed by atoms with Crippen LogP contribution in [-0.2, 0) is 0 Å². The zero-order chi connectivity index (χ0) is 15.4. The van der Waals surface area contributed by atoms with Crippen LogP contribution in [0.4, 0.5) is 4.39 Å². The summed E-state index contributed by atoms with van der Waals surface area (Å²) in [5, 5.41) is 9.35.